The van der Waals surface area contributed by atoms with E-state index in [1.165, 1.54) is 83.5 Å². The molecule has 0 aromatic heterocycles. The molecule has 3 aliphatic carbocycles. The topological polar surface area (TPSA) is 0 Å². The summed E-state index contributed by atoms with van der Waals surface area (Å²) in [5, 5.41) is 0. The molecule has 0 unspecified atom stereocenters. The van der Waals surface area contributed by atoms with E-state index in [4.69, 9.17) is 0 Å². The Labute approximate surface area is 380 Å². The van der Waals surface area contributed by atoms with E-state index < -0.39 is 0 Å². The second-order valence-electron chi connectivity index (χ2n) is 21.9. The fourth-order valence-corrected chi connectivity index (χ4v) is 9.79. The van der Waals surface area contributed by atoms with E-state index in [-0.39, 0.29) is 51.9 Å². The van der Waals surface area contributed by atoms with Gasteiger partial charge in [-0.25, -0.2) is 0 Å². The number of fused-ring (bicyclic) bond motifs is 6. The van der Waals surface area contributed by atoms with Crippen LogP contribution in [0, 0.1) is 5.92 Å². The number of allylic oxidation sites excluding steroid dienone is 4. The van der Waals surface area contributed by atoms with E-state index in [0.29, 0.717) is 0 Å². The minimum absolute atomic E-state index is 0. The summed E-state index contributed by atoms with van der Waals surface area (Å²) in [6, 6.07) is 48.8. The molecule has 0 saturated heterocycles. The Bertz CT molecular complexity index is 2490. The van der Waals surface area contributed by atoms with Crippen LogP contribution in [0.25, 0.3) is 22.3 Å². The summed E-state index contributed by atoms with van der Waals surface area (Å²) in [5.74, 6) is 0.218. The van der Waals surface area contributed by atoms with Crippen LogP contribution in [0.1, 0.15) is 144 Å². The standard InChI is InChI=1S/C39H40.C21H26.Li/c1-37(2,3)31-22-21-27-23-35-34(33(27)24-31)25-32(38(4,5)6)26-36(35)39(30-19-13-14-20-30,28-15-9-7-10-16-28)29-17-11-8-12-18-29;1-20(2,3)16-9-7-14-11-15-8-10-17(21(4,5)6)13-19(15)18(14)12-16;/h7-22,24-26,30H,23H2,1-6H3;7-10,12-13H,11H2,1-6H3;. The van der Waals surface area contributed by atoms with Crippen LogP contribution >= 0.6 is 0 Å². The summed E-state index contributed by atoms with van der Waals surface area (Å²) in [5.41, 5.74) is 21.6. The Morgan fingerprint density at radius 1 is 0.361 bits per heavy atom. The van der Waals surface area contributed by atoms with Crippen molar-refractivity contribution in [3.8, 4) is 22.3 Å². The Balaban J connectivity index is 0.000000216. The summed E-state index contributed by atoms with van der Waals surface area (Å²) in [7, 11) is 0. The van der Waals surface area contributed by atoms with Crippen LogP contribution in [0.5, 0.6) is 0 Å². The predicted molar refractivity (Wildman–Crippen MR) is 264 cm³/mol. The van der Waals surface area contributed by atoms with E-state index >= 15 is 0 Å². The van der Waals surface area contributed by atoms with E-state index in [1.54, 1.807) is 0 Å². The maximum atomic E-state index is 2.55. The van der Waals surface area contributed by atoms with Gasteiger partial charge in [-0.15, -0.1) is 0 Å². The first-order chi connectivity index (χ1) is 28.3. The number of hydrogen-bond acceptors (Lipinski definition) is 0. The van der Waals surface area contributed by atoms with Crippen LogP contribution in [0.3, 0.4) is 0 Å². The molecule has 3 aliphatic rings. The number of rotatable bonds is 4. The van der Waals surface area contributed by atoms with Crippen LogP contribution in [-0.2, 0) is 39.9 Å². The van der Waals surface area contributed by atoms with E-state index in [2.05, 4.69) is 235 Å². The van der Waals surface area contributed by atoms with Crippen molar-refractivity contribution in [2.24, 2.45) is 5.92 Å². The molecule has 1 heteroatoms. The maximum absolute atomic E-state index is 2.55. The molecule has 0 N–H and O–H groups in total. The van der Waals surface area contributed by atoms with Gasteiger partial charge in [-0.2, -0.15) is 0 Å². The Kier molecular flexibility index (Phi) is 11.9. The first kappa shape index (κ1) is 44.5. The summed E-state index contributed by atoms with van der Waals surface area (Å²) in [4.78, 5) is 0. The molecule has 0 amide bonds. The minimum Gasteiger partial charge on any atom is -0.0761 e. The first-order valence-electron chi connectivity index (χ1n) is 22.3. The minimum atomic E-state index is -0.341. The molecule has 9 rings (SSSR count). The van der Waals surface area contributed by atoms with Gasteiger partial charge in [0.25, 0.3) is 0 Å². The molecule has 1 radical (unpaired) electrons. The van der Waals surface area contributed by atoms with Crippen molar-refractivity contribution in [1.29, 1.82) is 0 Å². The van der Waals surface area contributed by atoms with Crippen molar-refractivity contribution in [3.63, 3.8) is 0 Å². The van der Waals surface area contributed by atoms with Gasteiger partial charge in [-0.3, -0.25) is 0 Å². The van der Waals surface area contributed by atoms with Gasteiger partial charge in [-0.05, 0) is 118 Å². The molecule has 0 heterocycles. The fourth-order valence-electron chi connectivity index (χ4n) is 9.79. The zero-order valence-electron chi connectivity index (χ0n) is 39.4. The SMILES string of the molecule is CC(C)(C)c1ccc2c(c1)-c1cc(C(C)(C)C)cc(C(c3ccccc3)(c3ccccc3)C3C=CC=C3)c1C2.CC(C)(C)c1ccc2c(c1)-c1cc(C(C)(C)C)ccc1C2.[Li]. The van der Waals surface area contributed by atoms with E-state index in [9.17, 15) is 0 Å². The van der Waals surface area contributed by atoms with Crippen LogP contribution in [0.2, 0.25) is 0 Å². The Hall–Kier alpha value is -4.60. The quantitative estimate of drug-likeness (QED) is 0.123. The molecule has 0 fully saturated rings. The van der Waals surface area contributed by atoms with Gasteiger partial charge in [0.1, 0.15) is 0 Å². The monoisotopic (exact) mass is 794 g/mol. The average molecular weight is 794 g/mol. The van der Waals surface area contributed by atoms with E-state index in [1.807, 2.05) is 0 Å². The van der Waals surface area contributed by atoms with Crippen molar-refractivity contribution in [2.75, 3.05) is 0 Å². The molecule has 0 bridgehead atoms. The molecule has 0 atom stereocenters. The summed E-state index contributed by atoms with van der Waals surface area (Å²) in [6.45, 7) is 27.7. The van der Waals surface area contributed by atoms with Crippen LogP contribution < -0.4 is 0 Å². The molecule has 307 valence electrons. The van der Waals surface area contributed by atoms with Gasteiger partial charge in [0.2, 0.25) is 0 Å². The molecular weight excluding hydrogens is 728 g/mol. The average Bonchev–Trinajstić information content (AvgIpc) is 3.95. The smallest absolute Gasteiger partial charge is 0.0551 e. The van der Waals surface area contributed by atoms with Gasteiger partial charge in [0.05, 0.1) is 5.41 Å². The van der Waals surface area contributed by atoms with Gasteiger partial charge in [0, 0.05) is 24.8 Å². The van der Waals surface area contributed by atoms with Crippen LogP contribution in [0.15, 0.2) is 152 Å². The molecule has 6 aromatic rings. The van der Waals surface area contributed by atoms with Crippen molar-refractivity contribution < 1.29 is 0 Å². The largest absolute Gasteiger partial charge is 0.0761 e. The second kappa shape index (κ2) is 16.3. The zero-order valence-corrected chi connectivity index (χ0v) is 39.4. The first-order valence-corrected chi connectivity index (χ1v) is 22.3. The number of benzene rings is 6. The molecule has 0 saturated carbocycles. The molecule has 6 aromatic carbocycles. The third-order valence-electron chi connectivity index (χ3n) is 13.5. The predicted octanol–water partition coefficient (Wildman–Crippen LogP) is 15.4. The van der Waals surface area contributed by atoms with Crippen molar-refractivity contribution in [3.05, 3.63) is 213 Å². The van der Waals surface area contributed by atoms with Gasteiger partial charge < -0.3 is 0 Å². The fraction of sp³-hybridized carbons (Fsp3) is 0.333. The second-order valence-corrected chi connectivity index (χ2v) is 21.9. The van der Waals surface area contributed by atoms with E-state index in [0.717, 1.165) is 12.8 Å². The third kappa shape index (κ3) is 8.37. The summed E-state index contributed by atoms with van der Waals surface area (Å²) >= 11 is 0. The van der Waals surface area contributed by atoms with Gasteiger partial charge >= 0.3 is 0 Å². The molecular formula is C60H66Li. The zero-order chi connectivity index (χ0) is 42.8. The molecule has 0 aliphatic heterocycles. The number of hydrogen-bond donors (Lipinski definition) is 0. The Morgan fingerprint density at radius 2 is 0.721 bits per heavy atom. The van der Waals surface area contributed by atoms with Gasteiger partial charge in [-0.1, -0.05) is 235 Å². The molecule has 61 heavy (non-hydrogen) atoms. The van der Waals surface area contributed by atoms with Crippen LogP contribution in [-0.4, -0.2) is 18.9 Å². The van der Waals surface area contributed by atoms with Crippen molar-refractivity contribution in [2.45, 2.75) is 123 Å². The molecule has 0 nitrogen and oxygen atoms in total. The van der Waals surface area contributed by atoms with Gasteiger partial charge in [0.15, 0.2) is 0 Å². The molecule has 0 spiro atoms. The summed E-state index contributed by atoms with van der Waals surface area (Å²) < 4.78 is 0. The van der Waals surface area contributed by atoms with Crippen molar-refractivity contribution >= 4 is 18.9 Å². The Morgan fingerprint density at radius 3 is 1.11 bits per heavy atom. The maximum Gasteiger partial charge on any atom is 0.0551 e. The van der Waals surface area contributed by atoms with Crippen LogP contribution in [0.4, 0.5) is 0 Å². The van der Waals surface area contributed by atoms with Crippen molar-refractivity contribution in [1.82, 2.24) is 0 Å². The summed E-state index contributed by atoms with van der Waals surface area (Å²) in [6.07, 6.45) is 11.3. The third-order valence-corrected chi connectivity index (χ3v) is 13.5. The normalized spacial score (nSPS) is 14.4.